The topological polar surface area (TPSA) is 96.2 Å². The van der Waals surface area contributed by atoms with Gasteiger partial charge < -0.3 is 0 Å². The van der Waals surface area contributed by atoms with Crippen LogP contribution in [0.2, 0.25) is 0 Å². The number of hydrogen-bond acceptors (Lipinski definition) is 5. The highest BCUT2D eigenvalue weighted by atomic mass is 19.4. The van der Waals surface area contributed by atoms with Crippen LogP contribution in [-0.2, 0) is 19.6 Å². The smallest absolute Gasteiger partial charge is 0.286 e. The van der Waals surface area contributed by atoms with Crippen molar-refractivity contribution in [3.8, 4) is 11.1 Å². The minimum Gasteiger partial charge on any atom is -0.286 e. The number of alkyl halides is 3. The number of aryl methyl sites for hydroxylation is 1. The van der Waals surface area contributed by atoms with Crippen molar-refractivity contribution < 1.29 is 13.2 Å². The molecule has 0 aliphatic carbocycles. The number of benzene rings is 1. The molecular formula is C20H16F3N7. The minimum absolute atomic E-state index is 0.0118. The molecule has 0 bridgehead atoms. The molecule has 0 radical (unpaired) electrons. The van der Waals surface area contributed by atoms with Crippen molar-refractivity contribution in [3.05, 3.63) is 71.7 Å². The third-order valence-corrected chi connectivity index (χ3v) is 4.54. The van der Waals surface area contributed by atoms with Gasteiger partial charge in [-0.05, 0) is 35.9 Å². The van der Waals surface area contributed by atoms with E-state index >= 15 is 0 Å². The lowest BCUT2D eigenvalue weighted by Crippen LogP contribution is -2.32. The molecule has 4 aromatic rings. The zero-order chi connectivity index (χ0) is 21.5. The molecule has 4 rings (SSSR count). The van der Waals surface area contributed by atoms with Crippen LogP contribution < -0.4 is 5.49 Å². The lowest BCUT2D eigenvalue weighted by Gasteiger charge is -2.11. The molecule has 0 atom stereocenters. The van der Waals surface area contributed by atoms with Crippen LogP contribution in [0.4, 0.5) is 13.2 Å². The van der Waals surface area contributed by atoms with E-state index < -0.39 is 11.9 Å². The molecule has 0 spiro atoms. The van der Waals surface area contributed by atoms with E-state index in [1.165, 1.54) is 0 Å². The summed E-state index contributed by atoms with van der Waals surface area (Å²) >= 11 is 0. The fraction of sp³-hybridized carbons (Fsp3) is 0.150. The van der Waals surface area contributed by atoms with Crippen molar-refractivity contribution in [2.45, 2.75) is 12.6 Å². The Labute approximate surface area is 168 Å². The summed E-state index contributed by atoms with van der Waals surface area (Å²) in [6.07, 6.45) is 0.711. The Bertz CT molecular complexity index is 1320. The molecule has 0 unspecified atom stereocenters. The fourth-order valence-electron chi connectivity index (χ4n) is 3.07. The molecule has 0 aliphatic rings. The number of pyridine rings is 1. The van der Waals surface area contributed by atoms with E-state index in [0.29, 0.717) is 10.2 Å². The van der Waals surface area contributed by atoms with Crippen LogP contribution in [0.15, 0.2) is 55.0 Å². The summed E-state index contributed by atoms with van der Waals surface area (Å²) in [5.74, 6) is -0.234. The van der Waals surface area contributed by atoms with Crippen LogP contribution in [0.3, 0.4) is 0 Å². The van der Waals surface area contributed by atoms with E-state index in [1.807, 2.05) is 25.4 Å². The van der Waals surface area contributed by atoms with Crippen LogP contribution in [-0.4, -0.2) is 30.4 Å². The molecule has 0 amide bonds. The Balaban J connectivity index is 1.65. The van der Waals surface area contributed by atoms with Gasteiger partial charge in [-0.25, -0.2) is 4.68 Å². The fourth-order valence-corrected chi connectivity index (χ4v) is 3.07. The monoisotopic (exact) mass is 411 g/mol. The number of hydrogen-bond donors (Lipinski definition) is 2. The molecule has 30 heavy (non-hydrogen) atoms. The average molecular weight is 411 g/mol. The summed E-state index contributed by atoms with van der Waals surface area (Å²) in [6.45, 7) is 0. The van der Waals surface area contributed by atoms with Gasteiger partial charge in [-0.3, -0.25) is 20.5 Å². The molecule has 0 fully saturated rings. The van der Waals surface area contributed by atoms with E-state index in [2.05, 4.69) is 15.2 Å². The Morgan fingerprint density at radius 3 is 2.57 bits per heavy atom. The summed E-state index contributed by atoms with van der Waals surface area (Å²) in [7, 11) is 1.82. The van der Waals surface area contributed by atoms with Crippen LogP contribution >= 0.6 is 0 Å². The zero-order valence-electron chi connectivity index (χ0n) is 15.8. The van der Waals surface area contributed by atoms with E-state index in [9.17, 15) is 13.2 Å². The highest BCUT2D eigenvalue weighted by Crippen LogP contribution is 2.26. The van der Waals surface area contributed by atoms with Gasteiger partial charge in [0.05, 0.1) is 11.7 Å². The van der Waals surface area contributed by atoms with Crippen molar-refractivity contribution in [3.63, 3.8) is 0 Å². The number of halogens is 3. The van der Waals surface area contributed by atoms with E-state index in [-0.39, 0.29) is 17.7 Å². The Morgan fingerprint density at radius 1 is 1.07 bits per heavy atom. The second-order valence-electron chi connectivity index (χ2n) is 6.79. The molecule has 0 aliphatic heterocycles. The van der Waals surface area contributed by atoms with Crippen molar-refractivity contribution >= 4 is 16.7 Å². The predicted molar refractivity (Wildman–Crippen MR) is 104 cm³/mol. The van der Waals surface area contributed by atoms with E-state index in [1.54, 1.807) is 29.2 Å². The lowest BCUT2D eigenvalue weighted by atomic mass is 10.0. The average Bonchev–Trinajstić information content (AvgIpc) is 3.13. The van der Waals surface area contributed by atoms with Crippen molar-refractivity contribution in [2.75, 3.05) is 0 Å². The first kappa shape index (κ1) is 19.5. The normalized spacial score (nSPS) is 11.7. The summed E-state index contributed by atoms with van der Waals surface area (Å²) < 4.78 is 41.2. The lowest BCUT2D eigenvalue weighted by molar-refractivity contribution is -0.142. The molecular weight excluding hydrogens is 395 g/mol. The number of aromatic nitrogens is 5. The highest BCUT2D eigenvalue weighted by Gasteiger charge is 2.33. The maximum absolute atomic E-state index is 12.9. The summed E-state index contributed by atoms with van der Waals surface area (Å²) in [5, 5.41) is 24.4. The molecule has 3 aromatic heterocycles. The maximum Gasteiger partial charge on any atom is 0.435 e. The molecule has 2 N–H and O–H groups in total. The van der Waals surface area contributed by atoms with Gasteiger partial charge in [0, 0.05) is 42.4 Å². The maximum atomic E-state index is 12.9. The first-order chi connectivity index (χ1) is 14.2. The van der Waals surface area contributed by atoms with Crippen LogP contribution in [0.5, 0.6) is 0 Å². The van der Waals surface area contributed by atoms with Crippen LogP contribution in [0, 0.1) is 10.8 Å². The standard InChI is InChI=1S/C20H16F3N7/c1-29-11-15(10-27-29)14-8-13-6-12(2-3-16(13)26-9-14)7-19(25)30-18(24)5-4-17(28-30)20(21,22)23/h2-6,8-11,24-25H,7H2,1H3. The Morgan fingerprint density at radius 2 is 1.87 bits per heavy atom. The number of rotatable bonds is 3. The summed E-state index contributed by atoms with van der Waals surface area (Å²) in [6, 6.07) is 9.03. The van der Waals surface area contributed by atoms with E-state index in [0.717, 1.165) is 34.2 Å². The van der Waals surface area contributed by atoms with Gasteiger partial charge in [0.1, 0.15) is 11.3 Å². The third-order valence-electron chi connectivity index (χ3n) is 4.54. The van der Waals surface area contributed by atoms with E-state index in [4.69, 9.17) is 10.8 Å². The molecule has 10 heteroatoms. The second-order valence-corrected chi connectivity index (χ2v) is 6.79. The zero-order valence-corrected chi connectivity index (χ0v) is 15.8. The summed E-state index contributed by atoms with van der Waals surface area (Å²) in [5.41, 5.74) is 1.80. The van der Waals surface area contributed by atoms with Crippen molar-refractivity contribution in [1.82, 2.24) is 24.5 Å². The molecule has 0 saturated carbocycles. The van der Waals surface area contributed by atoms with Gasteiger partial charge in [-0.15, -0.1) is 0 Å². The van der Waals surface area contributed by atoms with Gasteiger partial charge in [0.25, 0.3) is 0 Å². The van der Waals surface area contributed by atoms with Crippen molar-refractivity contribution in [2.24, 2.45) is 7.05 Å². The number of fused-ring (bicyclic) bond motifs is 1. The first-order valence-electron chi connectivity index (χ1n) is 8.88. The minimum atomic E-state index is -4.65. The molecule has 3 heterocycles. The van der Waals surface area contributed by atoms with Gasteiger partial charge in [0.15, 0.2) is 5.69 Å². The summed E-state index contributed by atoms with van der Waals surface area (Å²) in [4.78, 5) is 4.43. The van der Waals surface area contributed by atoms with Gasteiger partial charge >= 0.3 is 6.18 Å². The van der Waals surface area contributed by atoms with Gasteiger partial charge in [-0.2, -0.15) is 23.4 Å². The SMILES string of the molecule is Cn1cc(-c2cnc3ccc(CC(=N)n4nc(C(F)(F)F)ccc4=N)cc3c2)cn1. The second kappa shape index (κ2) is 7.21. The van der Waals surface area contributed by atoms with Crippen LogP contribution in [0.25, 0.3) is 22.0 Å². The third kappa shape index (κ3) is 3.84. The molecule has 152 valence electrons. The highest BCUT2D eigenvalue weighted by molar-refractivity contribution is 5.87. The first-order valence-corrected chi connectivity index (χ1v) is 8.88. The Kier molecular flexibility index (Phi) is 4.69. The van der Waals surface area contributed by atoms with Gasteiger partial charge in [0.2, 0.25) is 0 Å². The Hall–Kier alpha value is -3.82. The number of nitrogens with one attached hydrogen (secondary N) is 2. The van der Waals surface area contributed by atoms with Crippen molar-refractivity contribution in [1.29, 1.82) is 10.8 Å². The molecule has 7 nitrogen and oxygen atoms in total. The van der Waals surface area contributed by atoms with Gasteiger partial charge in [-0.1, -0.05) is 6.07 Å². The predicted octanol–water partition coefficient (Wildman–Crippen LogP) is 3.40. The molecule has 0 saturated heterocycles. The largest absolute Gasteiger partial charge is 0.435 e. The van der Waals surface area contributed by atoms with Crippen LogP contribution in [0.1, 0.15) is 11.3 Å². The molecule has 1 aromatic carbocycles. The quantitative estimate of drug-likeness (QED) is 0.399. The number of nitrogens with zero attached hydrogens (tertiary/aromatic N) is 5.